The molecule has 1 aromatic carbocycles. The van der Waals surface area contributed by atoms with Crippen molar-refractivity contribution in [2.24, 2.45) is 5.92 Å². The molecule has 0 aliphatic rings. The van der Waals surface area contributed by atoms with Crippen LogP contribution in [-0.4, -0.2) is 54.3 Å². The Hall–Kier alpha value is -3.05. The highest BCUT2D eigenvalue weighted by Crippen LogP contribution is 2.15. The first-order valence-corrected chi connectivity index (χ1v) is 11.7. The minimum absolute atomic E-state index is 0.00988. The van der Waals surface area contributed by atoms with E-state index in [0.29, 0.717) is 5.02 Å². The normalized spacial score (nSPS) is 13.3. The number of nitrogens with one attached hydrogen (secondary N) is 2. The molecule has 0 fully saturated rings. The highest BCUT2D eigenvalue weighted by molar-refractivity contribution is 6.30. The summed E-state index contributed by atoms with van der Waals surface area (Å²) < 4.78 is 20.5. The summed E-state index contributed by atoms with van der Waals surface area (Å²) in [6.45, 7) is 12.8. The third-order valence-corrected chi connectivity index (χ3v) is 4.62. The van der Waals surface area contributed by atoms with E-state index >= 15 is 0 Å². The van der Waals surface area contributed by atoms with Crippen molar-refractivity contribution < 1.29 is 43.0 Å². The molecule has 202 valence electrons. The zero-order valence-electron chi connectivity index (χ0n) is 21.8. The lowest BCUT2D eigenvalue weighted by atomic mass is 10.1. The van der Waals surface area contributed by atoms with E-state index in [1.165, 1.54) is 45.0 Å². The number of esters is 1. The van der Waals surface area contributed by atoms with Gasteiger partial charge in [-0.1, -0.05) is 25.4 Å². The van der Waals surface area contributed by atoms with E-state index in [9.17, 15) is 19.2 Å². The molecule has 2 atom stereocenters. The smallest absolute Gasteiger partial charge is 0.444 e. The number of carbonyl (C=O) groups excluding carboxylic acids is 4. The Morgan fingerprint density at radius 2 is 1.50 bits per heavy atom. The van der Waals surface area contributed by atoms with Crippen LogP contribution in [0.5, 0.6) is 0 Å². The number of hydrogen-bond acceptors (Lipinski definition) is 9. The molecule has 0 saturated carbocycles. The molecule has 2 unspecified atom stereocenters. The van der Waals surface area contributed by atoms with E-state index in [1.54, 1.807) is 34.6 Å². The Labute approximate surface area is 216 Å². The Kier molecular flexibility index (Phi) is 11.5. The fourth-order valence-electron chi connectivity index (χ4n) is 2.39. The molecule has 1 aromatic rings. The quantitative estimate of drug-likeness (QED) is 0.195. The lowest BCUT2D eigenvalue weighted by Crippen LogP contribution is -2.44. The van der Waals surface area contributed by atoms with Crippen LogP contribution in [0.1, 0.15) is 65.7 Å². The summed E-state index contributed by atoms with van der Waals surface area (Å²) in [5.41, 5.74) is 0.153. The Morgan fingerprint density at radius 3 is 2.03 bits per heavy atom. The van der Waals surface area contributed by atoms with Gasteiger partial charge in [-0.25, -0.2) is 19.9 Å². The summed E-state index contributed by atoms with van der Waals surface area (Å²) in [6.07, 6.45) is -3.81. The summed E-state index contributed by atoms with van der Waals surface area (Å²) in [5.74, 6) is -1.67. The molecule has 12 heteroatoms. The number of benzene rings is 1. The lowest BCUT2D eigenvalue weighted by molar-refractivity contribution is -0.196. The van der Waals surface area contributed by atoms with Gasteiger partial charge in [-0.3, -0.25) is 9.63 Å². The van der Waals surface area contributed by atoms with E-state index in [-0.39, 0.29) is 18.0 Å². The average molecular weight is 531 g/mol. The largest absolute Gasteiger partial charge is 0.511 e. The van der Waals surface area contributed by atoms with Crippen LogP contribution in [-0.2, 0) is 28.6 Å². The summed E-state index contributed by atoms with van der Waals surface area (Å²) in [6, 6.07) is 6.04. The minimum atomic E-state index is -1.61. The zero-order chi connectivity index (χ0) is 27.7. The van der Waals surface area contributed by atoms with E-state index in [2.05, 4.69) is 10.8 Å². The van der Waals surface area contributed by atoms with Crippen LogP contribution >= 0.6 is 11.6 Å². The zero-order valence-corrected chi connectivity index (χ0v) is 22.6. The second-order valence-corrected chi connectivity index (χ2v) is 10.1. The maximum atomic E-state index is 12.5. The summed E-state index contributed by atoms with van der Waals surface area (Å²) >= 11 is 5.79. The van der Waals surface area contributed by atoms with E-state index in [0.717, 1.165) is 0 Å². The molecule has 0 radical (unpaired) electrons. The van der Waals surface area contributed by atoms with Gasteiger partial charge in [-0.15, -0.1) is 0 Å². The van der Waals surface area contributed by atoms with Crippen molar-refractivity contribution in [3.05, 3.63) is 34.9 Å². The molecule has 1 rings (SSSR count). The molecule has 11 nitrogen and oxygen atoms in total. The number of hydroxylamine groups is 1. The highest BCUT2D eigenvalue weighted by Gasteiger charge is 2.34. The van der Waals surface area contributed by atoms with Crippen molar-refractivity contribution in [2.45, 2.75) is 79.0 Å². The number of carbonyl (C=O) groups is 4. The van der Waals surface area contributed by atoms with E-state index in [4.69, 9.17) is 35.4 Å². The molecule has 2 N–H and O–H groups in total. The molecular weight excluding hydrogens is 496 g/mol. The average Bonchev–Trinajstić information content (AvgIpc) is 2.73. The van der Waals surface area contributed by atoms with Crippen LogP contribution in [0, 0.1) is 5.92 Å². The van der Waals surface area contributed by atoms with Gasteiger partial charge in [0, 0.05) is 17.5 Å². The van der Waals surface area contributed by atoms with Gasteiger partial charge in [0.1, 0.15) is 11.7 Å². The van der Waals surface area contributed by atoms with Gasteiger partial charge in [-0.2, -0.15) is 0 Å². The van der Waals surface area contributed by atoms with Gasteiger partial charge in [0.15, 0.2) is 5.60 Å². The number of rotatable bonds is 10. The first kappa shape index (κ1) is 31.0. The van der Waals surface area contributed by atoms with E-state index in [1.807, 2.05) is 0 Å². The number of alkyl carbamates (subject to hydrolysis) is 1. The number of halogens is 1. The van der Waals surface area contributed by atoms with Crippen molar-refractivity contribution in [1.82, 2.24) is 10.8 Å². The van der Waals surface area contributed by atoms with Gasteiger partial charge in [0.05, 0.1) is 6.54 Å². The predicted octanol–water partition coefficient (Wildman–Crippen LogP) is 4.37. The molecule has 0 aromatic heterocycles. The molecule has 0 aliphatic heterocycles. The van der Waals surface area contributed by atoms with Crippen molar-refractivity contribution in [2.75, 3.05) is 6.54 Å². The fraction of sp³-hybridized carbons (Fsp3) is 0.583. The molecule has 2 amide bonds. The minimum Gasteiger partial charge on any atom is -0.444 e. The van der Waals surface area contributed by atoms with Crippen molar-refractivity contribution >= 4 is 35.7 Å². The van der Waals surface area contributed by atoms with Crippen LogP contribution in [0.3, 0.4) is 0 Å². The monoisotopic (exact) mass is 530 g/mol. The molecule has 36 heavy (non-hydrogen) atoms. The SMILES string of the molecule is CC(OC(=O)OC(CNC(=O)OC(C)(C)C)C(C)C)OC(=O)C(C)(C)ONC(=O)c1ccc(Cl)cc1. The van der Waals surface area contributed by atoms with Crippen LogP contribution in [0.2, 0.25) is 5.02 Å². The lowest BCUT2D eigenvalue weighted by Gasteiger charge is -2.26. The van der Waals surface area contributed by atoms with Gasteiger partial charge < -0.3 is 24.3 Å². The van der Waals surface area contributed by atoms with Gasteiger partial charge in [-0.05, 0) is 64.8 Å². The van der Waals surface area contributed by atoms with Crippen molar-refractivity contribution in [3.8, 4) is 0 Å². The number of ether oxygens (including phenoxy) is 4. The Morgan fingerprint density at radius 1 is 0.917 bits per heavy atom. The predicted molar refractivity (Wildman–Crippen MR) is 130 cm³/mol. The Bertz CT molecular complexity index is 911. The number of amides is 2. The highest BCUT2D eigenvalue weighted by atomic mass is 35.5. The molecule has 0 spiro atoms. The van der Waals surface area contributed by atoms with Crippen LogP contribution in [0.25, 0.3) is 0 Å². The maximum absolute atomic E-state index is 12.5. The molecule has 0 heterocycles. The summed E-state index contributed by atoms with van der Waals surface area (Å²) in [4.78, 5) is 53.9. The van der Waals surface area contributed by atoms with Crippen LogP contribution in [0.15, 0.2) is 24.3 Å². The van der Waals surface area contributed by atoms with Gasteiger partial charge >= 0.3 is 18.2 Å². The Balaban J connectivity index is 2.54. The molecule has 0 saturated heterocycles. The second kappa shape index (κ2) is 13.3. The molecule has 0 bridgehead atoms. The first-order valence-electron chi connectivity index (χ1n) is 11.3. The maximum Gasteiger partial charge on any atom is 0.511 e. The fourth-order valence-corrected chi connectivity index (χ4v) is 2.52. The topological polar surface area (TPSA) is 138 Å². The summed E-state index contributed by atoms with van der Waals surface area (Å²) in [5, 5.41) is 2.99. The molecular formula is C24H35ClN2O9. The first-order chi connectivity index (χ1) is 16.5. The van der Waals surface area contributed by atoms with Crippen LogP contribution in [0.4, 0.5) is 9.59 Å². The second-order valence-electron chi connectivity index (χ2n) is 9.67. The molecule has 0 aliphatic carbocycles. The number of hydrogen-bond donors (Lipinski definition) is 2. The van der Waals surface area contributed by atoms with Gasteiger partial charge in [0.25, 0.3) is 5.91 Å². The third-order valence-electron chi connectivity index (χ3n) is 4.37. The van der Waals surface area contributed by atoms with Gasteiger partial charge in [0.2, 0.25) is 6.29 Å². The summed E-state index contributed by atoms with van der Waals surface area (Å²) in [7, 11) is 0. The van der Waals surface area contributed by atoms with Crippen LogP contribution < -0.4 is 10.8 Å². The third kappa shape index (κ3) is 11.6. The standard InChI is InChI=1S/C24H35ClN2O9/c1-14(2)18(13-26-21(30)35-23(4,5)6)34-22(31)33-15(3)32-20(29)24(7,8)36-27-19(28)16-9-11-17(25)12-10-16/h9-12,14-15,18H,13H2,1-8H3,(H,26,30)(H,27,28). The van der Waals surface area contributed by atoms with Crippen molar-refractivity contribution in [3.63, 3.8) is 0 Å². The van der Waals surface area contributed by atoms with Crippen molar-refractivity contribution in [1.29, 1.82) is 0 Å². The van der Waals surface area contributed by atoms with E-state index < -0.39 is 47.7 Å².